The number of hydrogen-bond acceptors (Lipinski definition) is 4. The number of hydrogen-bond donors (Lipinski definition) is 0. The molecule has 1 amide bonds. The Morgan fingerprint density at radius 1 is 0.919 bits per heavy atom. The predicted octanol–water partition coefficient (Wildman–Crippen LogP) is 7.43. The minimum atomic E-state index is -0.114. The number of para-hydroxylation sites is 1. The molecule has 1 aliphatic heterocycles. The van der Waals surface area contributed by atoms with Gasteiger partial charge in [-0.1, -0.05) is 96.8 Å². The summed E-state index contributed by atoms with van der Waals surface area (Å²) in [6.07, 6.45) is 1.97. The van der Waals surface area contributed by atoms with E-state index < -0.39 is 0 Å². The molecule has 178 valence electrons. The van der Waals surface area contributed by atoms with E-state index in [9.17, 15) is 10.1 Å². The van der Waals surface area contributed by atoms with Gasteiger partial charge in [-0.2, -0.15) is 5.26 Å². The van der Waals surface area contributed by atoms with Gasteiger partial charge in [-0.25, -0.2) is 0 Å². The number of carbonyl (C=O) groups is 1. The molecule has 0 aliphatic carbocycles. The van der Waals surface area contributed by atoms with Crippen LogP contribution in [0.4, 0.5) is 5.69 Å². The molecule has 6 heteroatoms. The number of fused-ring (bicyclic) bond motifs is 2. The second-order valence-electron chi connectivity index (χ2n) is 8.89. The van der Waals surface area contributed by atoms with Crippen LogP contribution in [0.5, 0.6) is 0 Å². The minimum Gasteiger partial charge on any atom is -0.340 e. The number of nitrogens with zero attached hydrogens (tertiary/aromatic N) is 3. The van der Waals surface area contributed by atoms with E-state index in [4.69, 9.17) is 12.2 Å². The number of carbonyl (C=O) groups excluding carboxylic acids is 1. The molecule has 1 fully saturated rings. The summed E-state index contributed by atoms with van der Waals surface area (Å²) >= 11 is 7.03. The largest absolute Gasteiger partial charge is 0.340 e. The van der Waals surface area contributed by atoms with Crippen LogP contribution in [-0.4, -0.2) is 14.8 Å². The summed E-state index contributed by atoms with van der Waals surface area (Å²) in [4.78, 5) is 15.9. The molecule has 4 aromatic carbocycles. The van der Waals surface area contributed by atoms with Gasteiger partial charge in [-0.3, -0.25) is 9.69 Å². The van der Waals surface area contributed by atoms with Crippen LogP contribution in [0.25, 0.3) is 27.8 Å². The zero-order valence-electron chi connectivity index (χ0n) is 20.0. The zero-order valence-corrected chi connectivity index (χ0v) is 21.6. The van der Waals surface area contributed by atoms with Gasteiger partial charge in [0.15, 0.2) is 4.32 Å². The van der Waals surface area contributed by atoms with Crippen molar-refractivity contribution in [3.63, 3.8) is 0 Å². The number of aromatic nitrogens is 1. The number of anilines is 1. The Morgan fingerprint density at radius 3 is 2.46 bits per heavy atom. The Morgan fingerprint density at radius 2 is 1.62 bits per heavy atom. The fourth-order valence-electron chi connectivity index (χ4n) is 4.99. The van der Waals surface area contributed by atoms with Crippen molar-refractivity contribution in [2.45, 2.75) is 13.5 Å². The molecule has 5 aromatic rings. The maximum atomic E-state index is 13.7. The van der Waals surface area contributed by atoms with Gasteiger partial charge in [0, 0.05) is 34.1 Å². The molecule has 0 radical (unpaired) electrons. The average molecular weight is 516 g/mol. The van der Waals surface area contributed by atoms with Crippen molar-refractivity contribution < 1.29 is 4.79 Å². The lowest BCUT2D eigenvalue weighted by molar-refractivity contribution is -0.113. The quantitative estimate of drug-likeness (QED) is 0.184. The lowest BCUT2D eigenvalue weighted by atomic mass is 10.1. The van der Waals surface area contributed by atoms with Gasteiger partial charge in [0.05, 0.1) is 22.2 Å². The van der Waals surface area contributed by atoms with E-state index in [-0.39, 0.29) is 5.91 Å². The molecule has 0 unspecified atom stereocenters. The number of rotatable bonds is 4. The van der Waals surface area contributed by atoms with Crippen LogP contribution >= 0.6 is 24.0 Å². The summed E-state index contributed by atoms with van der Waals surface area (Å²) in [5, 5.41) is 12.7. The maximum Gasteiger partial charge on any atom is 0.270 e. The first-order valence-electron chi connectivity index (χ1n) is 11.9. The van der Waals surface area contributed by atoms with Crippen LogP contribution in [0.15, 0.2) is 95.9 Å². The van der Waals surface area contributed by atoms with Crippen LogP contribution in [0.1, 0.15) is 22.4 Å². The van der Waals surface area contributed by atoms with E-state index in [1.807, 2.05) is 84.9 Å². The molecule has 4 nitrogen and oxygen atoms in total. The maximum absolute atomic E-state index is 13.7. The smallest absolute Gasteiger partial charge is 0.270 e. The molecule has 1 aromatic heterocycles. The molecular formula is C31H21N3OS2. The highest BCUT2D eigenvalue weighted by molar-refractivity contribution is 8.27. The fourth-order valence-corrected chi connectivity index (χ4v) is 6.26. The summed E-state index contributed by atoms with van der Waals surface area (Å²) < 4.78 is 2.74. The van der Waals surface area contributed by atoms with Crippen LogP contribution in [-0.2, 0) is 11.3 Å². The van der Waals surface area contributed by atoms with Crippen molar-refractivity contribution in [3.8, 4) is 6.07 Å². The van der Waals surface area contributed by atoms with Gasteiger partial charge in [0.1, 0.15) is 0 Å². The fraction of sp³-hybridized carbons (Fsp3) is 0.0645. The van der Waals surface area contributed by atoms with E-state index in [0.717, 1.165) is 44.2 Å². The Hall–Kier alpha value is -4.18. The highest BCUT2D eigenvalue weighted by atomic mass is 32.2. The first kappa shape index (κ1) is 23.2. The normalized spacial score (nSPS) is 14.7. The highest BCUT2D eigenvalue weighted by Gasteiger charge is 2.34. The summed E-state index contributed by atoms with van der Waals surface area (Å²) in [6, 6.07) is 32.1. The third-order valence-electron chi connectivity index (χ3n) is 6.82. The molecular weight excluding hydrogens is 494 g/mol. The molecule has 0 atom stereocenters. The number of nitriles is 1. The second-order valence-corrected chi connectivity index (χ2v) is 10.6. The Labute approximate surface area is 224 Å². The molecule has 1 aliphatic rings. The van der Waals surface area contributed by atoms with Crippen molar-refractivity contribution in [1.29, 1.82) is 5.26 Å². The number of thiocarbonyl (C=S) groups is 1. The lowest BCUT2D eigenvalue weighted by Gasteiger charge is -2.17. The minimum absolute atomic E-state index is 0.114. The first-order valence-corrected chi connectivity index (χ1v) is 13.1. The topological polar surface area (TPSA) is 49.0 Å². The molecule has 1 saturated heterocycles. The van der Waals surface area contributed by atoms with Crippen molar-refractivity contribution in [1.82, 2.24) is 4.57 Å². The molecule has 0 bridgehead atoms. The van der Waals surface area contributed by atoms with Crippen molar-refractivity contribution >= 4 is 67.6 Å². The summed E-state index contributed by atoms with van der Waals surface area (Å²) in [7, 11) is 0. The zero-order chi connectivity index (χ0) is 25.5. The van der Waals surface area contributed by atoms with E-state index in [1.54, 1.807) is 4.90 Å². The van der Waals surface area contributed by atoms with E-state index >= 15 is 0 Å². The van der Waals surface area contributed by atoms with E-state index in [2.05, 4.69) is 29.7 Å². The van der Waals surface area contributed by atoms with Crippen molar-refractivity contribution in [3.05, 3.63) is 118 Å². The Kier molecular flexibility index (Phi) is 5.88. The van der Waals surface area contributed by atoms with Crippen LogP contribution in [0.3, 0.4) is 0 Å². The number of amides is 1. The van der Waals surface area contributed by atoms with Gasteiger partial charge in [-0.15, -0.1) is 0 Å². The van der Waals surface area contributed by atoms with E-state index in [0.29, 0.717) is 21.3 Å². The Balaban J connectivity index is 1.44. The highest BCUT2D eigenvalue weighted by Crippen LogP contribution is 2.40. The lowest BCUT2D eigenvalue weighted by Crippen LogP contribution is -2.27. The molecule has 0 N–H and O–H groups in total. The van der Waals surface area contributed by atoms with Gasteiger partial charge < -0.3 is 4.57 Å². The second kappa shape index (κ2) is 9.36. The summed E-state index contributed by atoms with van der Waals surface area (Å²) in [5.74, 6) is -0.114. The van der Waals surface area contributed by atoms with Crippen LogP contribution in [0, 0.1) is 18.3 Å². The molecule has 37 heavy (non-hydrogen) atoms. The SMILES string of the molecule is Cc1c(/C=C2/SC(=S)N(c3cccc4ccccc34)C2=O)c2ccccc2n1Cc1ccccc1C#N. The van der Waals surface area contributed by atoms with Crippen LogP contribution in [0.2, 0.25) is 0 Å². The third kappa shape index (κ3) is 3.93. The van der Waals surface area contributed by atoms with Gasteiger partial charge in [-0.05, 0) is 42.1 Å². The molecule has 2 heterocycles. The molecule has 0 spiro atoms. The molecule has 0 saturated carbocycles. The van der Waals surface area contributed by atoms with Crippen molar-refractivity contribution in [2.75, 3.05) is 4.90 Å². The number of benzene rings is 4. The predicted molar refractivity (Wildman–Crippen MR) is 157 cm³/mol. The van der Waals surface area contributed by atoms with Crippen molar-refractivity contribution in [2.24, 2.45) is 0 Å². The van der Waals surface area contributed by atoms with E-state index in [1.165, 1.54) is 11.8 Å². The standard InChI is InChI=1S/C31H21N3OS2/c1-20-26(25-14-6-7-15-27(25)33(20)19-23-11-3-2-10-22(23)18-32)17-29-30(35)34(31(36)37-29)28-16-8-12-21-9-4-5-13-24(21)28/h2-17H,19H2,1H3/b29-17+. The average Bonchev–Trinajstić information content (AvgIpc) is 3.36. The van der Waals surface area contributed by atoms with Gasteiger partial charge in [0.25, 0.3) is 5.91 Å². The summed E-state index contributed by atoms with van der Waals surface area (Å²) in [5.41, 5.74) is 5.51. The van der Waals surface area contributed by atoms with Crippen LogP contribution < -0.4 is 4.90 Å². The third-order valence-corrected chi connectivity index (χ3v) is 8.12. The monoisotopic (exact) mass is 515 g/mol. The first-order chi connectivity index (χ1) is 18.1. The van der Waals surface area contributed by atoms with Gasteiger partial charge in [0.2, 0.25) is 0 Å². The Bertz CT molecular complexity index is 1800. The summed E-state index contributed by atoms with van der Waals surface area (Å²) in [6.45, 7) is 2.63. The van der Waals surface area contributed by atoms with Gasteiger partial charge >= 0.3 is 0 Å². The molecule has 6 rings (SSSR count). The number of thioether (sulfide) groups is 1.